The summed E-state index contributed by atoms with van der Waals surface area (Å²) < 4.78 is 0. The van der Waals surface area contributed by atoms with Crippen LogP contribution in [0.25, 0.3) is 0 Å². The van der Waals surface area contributed by atoms with E-state index in [-0.39, 0.29) is 18.9 Å². The standard InChI is InChI=1S/C7H14N2O3.C2H6/c1-3-8-4-7(11)9(12)5-6(2)10;1-2/h8,12H,3-5H2,1-2H3;1-2H3. The van der Waals surface area contributed by atoms with Gasteiger partial charge in [-0.3, -0.25) is 14.8 Å². The van der Waals surface area contributed by atoms with Crippen molar-refractivity contribution in [1.29, 1.82) is 0 Å². The SMILES string of the molecule is CC.CCNCC(=O)N(O)CC(C)=O. The van der Waals surface area contributed by atoms with E-state index in [1.165, 1.54) is 6.92 Å². The molecule has 0 aliphatic heterocycles. The molecule has 0 heterocycles. The van der Waals surface area contributed by atoms with Gasteiger partial charge in [-0.15, -0.1) is 0 Å². The molecule has 5 nitrogen and oxygen atoms in total. The van der Waals surface area contributed by atoms with Crippen LogP contribution in [0.3, 0.4) is 0 Å². The Morgan fingerprint density at radius 3 is 2.21 bits per heavy atom. The quantitative estimate of drug-likeness (QED) is 0.503. The van der Waals surface area contributed by atoms with Gasteiger partial charge in [-0.05, 0) is 13.5 Å². The molecule has 0 aliphatic rings. The summed E-state index contributed by atoms with van der Waals surface area (Å²) in [5.41, 5.74) is 0. The fraction of sp³-hybridized carbons (Fsp3) is 0.778. The fourth-order valence-corrected chi connectivity index (χ4v) is 0.622. The van der Waals surface area contributed by atoms with Crippen molar-refractivity contribution >= 4 is 11.7 Å². The maximum atomic E-state index is 10.9. The molecule has 0 aromatic rings. The topological polar surface area (TPSA) is 69.6 Å². The molecule has 0 saturated heterocycles. The van der Waals surface area contributed by atoms with Crippen molar-refractivity contribution in [2.24, 2.45) is 0 Å². The van der Waals surface area contributed by atoms with E-state index < -0.39 is 5.91 Å². The molecule has 0 atom stereocenters. The molecule has 1 amide bonds. The van der Waals surface area contributed by atoms with Gasteiger partial charge in [0, 0.05) is 0 Å². The Labute approximate surface area is 85.0 Å². The first-order chi connectivity index (χ1) is 6.57. The normalized spacial score (nSPS) is 8.64. The molecule has 0 radical (unpaired) electrons. The van der Waals surface area contributed by atoms with Gasteiger partial charge in [-0.25, -0.2) is 5.06 Å². The van der Waals surface area contributed by atoms with Gasteiger partial charge < -0.3 is 5.32 Å². The first-order valence-corrected chi connectivity index (χ1v) is 4.77. The molecule has 0 aromatic carbocycles. The molecule has 0 aromatic heterocycles. The van der Waals surface area contributed by atoms with Crippen LogP contribution in [0.15, 0.2) is 0 Å². The summed E-state index contributed by atoms with van der Waals surface area (Å²) in [6.45, 7) is 7.62. The zero-order valence-electron chi connectivity index (χ0n) is 9.33. The number of carbonyl (C=O) groups is 2. The van der Waals surface area contributed by atoms with E-state index in [4.69, 9.17) is 5.21 Å². The summed E-state index contributed by atoms with van der Waals surface area (Å²) in [4.78, 5) is 21.4. The predicted octanol–water partition coefficient (Wildman–Crippen LogP) is 0.429. The summed E-state index contributed by atoms with van der Waals surface area (Å²) in [5, 5.41) is 12.1. The summed E-state index contributed by atoms with van der Waals surface area (Å²) in [6, 6.07) is 0. The first kappa shape index (κ1) is 15.5. The van der Waals surface area contributed by atoms with E-state index in [2.05, 4.69) is 5.32 Å². The lowest BCUT2D eigenvalue weighted by molar-refractivity contribution is -0.166. The molecule has 0 unspecified atom stereocenters. The van der Waals surface area contributed by atoms with Crippen molar-refractivity contribution in [1.82, 2.24) is 10.4 Å². The molecular weight excluding hydrogens is 184 g/mol. The van der Waals surface area contributed by atoms with Crippen molar-refractivity contribution in [2.75, 3.05) is 19.6 Å². The molecule has 14 heavy (non-hydrogen) atoms. The number of hydrogen-bond donors (Lipinski definition) is 2. The molecule has 5 heteroatoms. The molecule has 2 N–H and O–H groups in total. The lowest BCUT2D eigenvalue weighted by Gasteiger charge is -2.12. The fourth-order valence-electron chi connectivity index (χ4n) is 0.622. The number of amides is 1. The Kier molecular flexibility index (Phi) is 11.3. The van der Waals surface area contributed by atoms with Crippen molar-refractivity contribution in [3.63, 3.8) is 0 Å². The number of hydrogen-bond acceptors (Lipinski definition) is 4. The minimum Gasteiger partial charge on any atom is -0.309 e. The van der Waals surface area contributed by atoms with Gasteiger partial charge in [-0.1, -0.05) is 20.8 Å². The number of Topliss-reactive ketones (excluding diaryl/α,β-unsaturated/α-hetero) is 1. The summed E-state index contributed by atoms with van der Waals surface area (Å²) in [6.07, 6.45) is 0. The van der Waals surface area contributed by atoms with Crippen LogP contribution in [-0.4, -0.2) is 41.6 Å². The number of nitrogens with zero attached hydrogens (tertiary/aromatic N) is 1. The Bertz CT molecular complexity index is 171. The highest BCUT2D eigenvalue weighted by molar-refractivity contribution is 5.84. The minimum absolute atomic E-state index is 0.0558. The van der Waals surface area contributed by atoms with E-state index in [1.807, 2.05) is 20.8 Å². The largest absolute Gasteiger partial charge is 0.309 e. The smallest absolute Gasteiger partial charge is 0.260 e. The lowest BCUT2D eigenvalue weighted by atomic mass is 10.4. The van der Waals surface area contributed by atoms with Crippen molar-refractivity contribution in [2.45, 2.75) is 27.7 Å². The maximum absolute atomic E-state index is 10.9. The van der Waals surface area contributed by atoms with Gasteiger partial charge in [0.2, 0.25) is 0 Å². The second-order valence-electron chi connectivity index (χ2n) is 2.43. The lowest BCUT2D eigenvalue weighted by Crippen LogP contribution is -2.38. The number of hydroxylamine groups is 2. The monoisotopic (exact) mass is 204 g/mol. The van der Waals surface area contributed by atoms with Crippen LogP contribution in [0.4, 0.5) is 0 Å². The van der Waals surface area contributed by atoms with E-state index in [0.717, 1.165) is 0 Å². The summed E-state index contributed by atoms with van der Waals surface area (Å²) >= 11 is 0. The highest BCUT2D eigenvalue weighted by Gasteiger charge is 2.10. The van der Waals surface area contributed by atoms with Crippen LogP contribution < -0.4 is 5.32 Å². The number of rotatable bonds is 5. The third-order valence-electron chi connectivity index (χ3n) is 1.19. The average molecular weight is 204 g/mol. The number of carbonyl (C=O) groups excluding carboxylic acids is 2. The summed E-state index contributed by atoms with van der Waals surface area (Å²) in [7, 11) is 0. The van der Waals surface area contributed by atoms with Gasteiger partial charge in [0.15, 0.2) is 5.78 Å². The number of likely N-dealkylation sites (N-methyl/N-ethyl adjacent to an activating group) is 1. The zero-order valence-corrected chi connectivity index (χ0v) is 9.33. The molecule has 0 bridgehead atoms. The van der Waals surface area contributed by atoms with Crippen LogP contribution in [0, 0.1) is 0 Å². The van der Waals surface area contributed by atoms with Gasteiger partial charge in [0.25, 0.3) is 5.91 Å². The Balaban J connectivity index is 0. The predicted molar refractivity (Wildman–Crippen MR) is 54.1 cm³/mol. The second kappa shape index (κ2) is 10.1. The summed E-state index contributed by atoms with van der Waals surface area (Å²) in [5.74, 6) is -0.741. The van der Waals surface area contributed by atoms with Gasteiger partial charge in [-0.2, -0.15) is 0 Å². The van der Waals surface area contributed by atoms with E-state index >= 15 is 0 Å². The Morgan fingerprint density at radius 1 is 1.36 bits per heavy atom. The van der Waals surface area contributed by atoms with E-state index in [1.54, 1.807) is 0 Å². The van der Waals surface area contributed by atoms with Crippen LogP contribution >= 0.6 is 0 Å². The number of nitrogens with one attached hydrogen (secondary N) is 1. The van der Waals surface area contributed by atoms with Crippen molar-refractivity contribution < 1.29 is 14.8 Å². The number of ketones is 1. The molecule has 0 saturated carbocycles. The van der Waals surface area contributed by atoms with Gasteiger partial charge in [0.1, 0.15) is 6.54 Å². The third-order valence-corrected chi connectivity index (χ3v) is 1.19. The highest BCUT2D eigenvalue weighted by atomic mass is 16.5. The third kappa shape index (κ3) is 9.15. The first-order valence-electron chi connectivity index (χ1n) is 4.77. The van der Waals surface area contributed by atoms with Crippen molar-refractivity contribution in [3.05, 3.63) is 0 Å². The maximum Gasteiger partial charge on any atom is 0.260 e. The molecule has 0 aliphatic carbocycles. The Hall–Kier alpha value is -0.940. The highest BCUT2D eigenvalue weighted by Crippen LogP contribution is 1.83. The second-order valence-corrected chi connectivity index (χ2v) is 2.43. The van der Waals surface area contributed by atoms with Gasteiger partial charge >= 0.3 is 0 Å². The van der Waals surface area contributed by atoms with Crippen molar-refractivity contribution in [3.8, 4) is 0 Å². The molecule has 0 rings (SSSR count). The molecule has 84 valence electrons. The van der Waals surface area contributed by atoms with Crippen LogP contribution in [0.5, 0.6) is 0 Å². The molecule has 0 spiro atoms. The van der Waals surface area contributed by atoms with Crippen LogP contribution in [-0.2, 0) is 9.59 Å². The zero-order chi connectivity index (χ0) is 11.6. The van der Waals surface area contributed by atoms with Crippen LogP contribution in [0.2, 0.25) is 0 Å². The average Bonchev–Trinajstić information content (AvgIpc) is 2.16. The van der Waals surface area contributed by atoms with Crippen LogP contribution in [0.1, 0.15) is 27.7 Å². The molecule has 0 fully saturated rings. The minimum atomic E-state index is -0.493. The van der Waals surface area contributed by atoms with E-state index in [9.17, 15) is 9.59 Å². The van der Waals surface area contributed by atoms with Gasteiger partial charge in [0.05, 0.1) is 6.54 Å². The molecular formula is C9H20N2O3. The van der Waals surface area contributed by atoms with E-state index in [0.29, 0.717) is 11.6 Å². The Morgan fingerprint density at radius 2 is 1.86 bits per heavy atom.